The van der Waals surface area contributed by atoms with E-state index in [1.165, 1.54) is 5.57 Å². The van der Waals surface area contributed by atoms with Crippen molar-refractivity contribution in [2.45, 2.75) is 136 Å². The summed E-state index contributed by atoms with van der Waals surface area (Å²) in [7, 11) is 0. The van der Waals surface area contributed by atoms with Crippen LogP contribution in [0.3, 0.4) is 0 Å². The lowest BCUT2D eigenvalue weighted by Gasteiger charge is -2.43. The van der Waals surface area contributed by atoms with Gasteiger partial charge < -0.3 is 14.9 Å². The molecule has 1 aliphatic carbocycles. The summed E-state index contributed by atoms with van der Waals surface area (Å²) < 4.78 is 4.97. The van der Waals surface area contributed by atoms with E-state index in [9.17, 15) is 15.0 Å². The van der Waals surface area contributed by atoms with E-state index < -0.39 is 5.60 Å². The van der Waals surface area contributed by atoms with E-state index >= 15 is 0 Å². The third kappa shape index (κ3) is 9.26. The van der Waals surface area contributed by atoms with Gasteiger partial charge in [0.15, 0.2) is 0 Å². The molecule has 0 aromatic heterocycles. The number of hydrogen-bond acceptors (Lipinski definition) is 4. The van der Waals surface area contributed by atoms with Crippen molar-refractivity contribution in [3.63, 3.8) is 0 Å². The van der Waals surface area contributed by atoms with E-state index in [2.05, 4.69) is 33.8 Å². The van der Waals surface area contributed by atoms with Crippen molar-refractivity contribution in [3.05, 3.63) is 11.6 Å². The van der Waals surface area contributed by atoms with Gasteiger partial charge in [0.1, 0.15) is 0 Å². The molecule has 4 heteroatoms. The highest BCUT2D eigenvalue weighted by Gasteiger charge is 2.41. The molecule has 0 radical (unpaired) electrons. The Labute approximate surface area is 191 Å². The van der Waals surface area contributed by atoms with E-state index in [0.29, 0.717) is 19.4 Å². The van der Waals surface area contributed by atoms with Gasteiger partial charge in [0, 0.05) is 12.3 Å². The van der Waals surface area contributed by atoms with Crippen LogP contribution in [-0.4, -0.2) is 34.5 Å². The molecule has 4 nitrogen and oxygen atoms in total. The lowest BCUT2D eigenvalue weighted by Crippen LogP contribution is -2.44. The molecule has 0 aromatic carbocycles. The SMILES string of the molecule is CCCCC(C)(C)C(O)(CC=C1CC[C@@H](O)[C@@H]1CCCCCCC(=O)OCC)CCC. The van der Waals surface area contributed by atoms with Gasteiger partial charge in [0.2, 0.25) is 0 Å². The fraction of sp³-hybridized carbons (Fsp3) is 0.889. The third-order valence-corrected chi connectivity index (χ3v) is 7.40. The molecule has 0 heterocycles. The summed E-state index contributed by atoms with van der Waals surface area (Å²) in [6.07, 6.45) is 15.2. The van der Waals surface area contributed by atoms with Gasteiger partial charge in [-0.3, -0.25) is 4.79 Å². The van der Waals surface area contributed by atoms with Gasteiger partial charge in [0.25, 0.3) is 0 Å². The van der Waals surface area contributed by atoms with E-state index in [1.54, 1.807) is 0 Å². The molecule has 31 heavy (non-hydrogen) atoms. The molecule has 0 spiro atoms. The van der Waals surface area contributed by atoms with Gasteiger partial charge in [0.05, 0.1) is 18.3 Å². The first-order chi connectivity index (χ1) is 14.7. The summed E-state index contributed by atoms with van der Waals surface area (Å²) >= 11 is 0. The van der Waals surface area contributed by atoms with Gasteiger partial charge in [-0.25, -0.2) is 0 Å². The standard InChI is InChI=1S/C27H50O4/c1-6-9-20-26(4,5)27(30,19-7-2)21-18-22-16-17-24(28)23(22)14-12-10-11-13-15-25(29)31-8-3/h18,23-24,28,30H,6-17,19-21H2,1-5H3/t23-,24-,27?/m1/s1. The second-order valence-corrected chi connectivity index (χ2v) is 10.2. The molecule has 0 aromatic rings. The number of ether oxygens (including phenoxy) is 1. The van der Waals surface area contributed by atoms with Gasteiger partial charge in [-0.05, 0) is 57.3 Å². The lowest BCUT2D eigenvalue weighted by molar-refractivity contribution is -0.143. The molecule has 182 valence electrons. The monoisotopic (exact) mass is 438 g/mol. The Morgan fingerprint density at radius 2 is 1.77 bits per heavy atom. The Hall–Kier alpha value is -0.870. The average molecular weight is 439 g/mol. The van der Waals surface area contributed by atoms with Crippen LogP contribution in [0.15, 0.2) is 11.6 Å². The van der Waals surface area contributed by atoms with Gasteiger partial charge in [-0.15, -0.1) is 0 Å². The minimum atomic E-state index is -0.685. The predicted octanol–water partition coefficient (Wildman–Crippen LogP) is 6.73. The molecule has 0 aliphatic heterocycles. The highest BCUT2D eigenvalue weighted by molar-refractivity contribution is 5.69. The second kappa shape index (κ2) is 14.3. The molecular weight excluding hydrogens is 388 g/mol. The van der Waals surface area contributed by atoms with Crippen LogP contribution in [0.4, 0.5) is 0 Å². The molecule has 1 unspecified atom stereocenters. The molecular formula is C27H50O4. The molecule has 1 aliphatic rings. The van der Waals surface area contributed by atoms with Gasteiger partial charge in [-0.1, -0.05) is 77.9 Å². The maximum atomic E-state index is 11.6. The topological polar surface area (TPSA) is 66.8 Å². The second-order valence-electron chi connectivity index (χ2n) is 10.2. The van der Waals surface area contributed by atoms with Crippen molar-refractivity contribution in [2.24, 2.45) is 11.3 Å². The Balaban J connectivity index is 2.60. The molecule has 0 amide bonds. The Bertz CT molecular complexity index is 539. The number of aliphatic hydroxyl groups is 2. The molecule has 3 atom stereocenters. The smallest absolute Gasteiger partial charge is 0.305 e. The summed E-state index contributed by atoms with van der Waals surface area (Å²) in [5.41, 5.74) is 0.552. The first kappa shape index (κ1) is 28.2. The van der Waals surface area contributed by atoms with Crippen LogP contribution in [0.5, 0.6) is 0 Å². The number of carbonyl (C=O) groups excluding carboxylic acids is 1. The van der Waals surface area contributed by atoms with Crippen molar-refractivity contribution >= 4 is 5.97 Å². The number of esters is 1. The van der Waals surface area contributed by atoms with Crippen LogP contribution in [0.25, 0.3) is 0 Å². The zero-order chi connectivity index (χ0) is 23.3. The fourth-order valence-corrected chi connectivity index (χ4v) is 5.08. The summed E-state index contributed by atoms with van der Waals surface area (Å²) in [5, 5.41) is 22.1. The van der Waals surface area contributed by atoms with E-state index in [4.69, 9.17) is 4.74 Å². The van der Waals surface area contributed by atoms with Crippen LogP contribution in [0.2, 0.25) is 0 Å². The molecule has 1 fully saturated rings. The van der Waals surface area contributed by atoms with E-state index in [-0.39, 0.29) is 23.4 Å². The van der Waals surface area contributed by atoms with E-state index in [1.807, 2.05) is 6.92 Å². The summed E-state index contributed by atoms with van der Waals surface area (Å²) in [6, 6.07) is 0. The highest BCUT2D eigenvalue weighted by atomic mass is 16.5. The first-order valence-corrected chi connectivity index (χ1v) is 13.0. The summed E-state index contributed by atoms with van der Waals surface area (Å²) in [4.78, 5) is 11.4. The van der Waals surface area contributed by atoms with Crippen LogP contribution < -0.4 is 0 Å². The van der Waals surface area contributed by atoms with Gasteiger partial charge in [-0.2, -0.15) is 0 Å². The number of aliphatic hydroxyl groups excluding tert-OH is 1. The van der Waals surface area contributed by atoms with Crippen molar-refractivity contribution in [1.29, 1.82) is 0 Å². The molecule has 0 bridgehead atoms. The average Bonchev–Trinajstić information content (AvgIpc) is 3.07. The minimum Gasteiger partial charge on any atom is -0.466 e. The number of unbranched alkanes of at least 4 members (excludes halogenated alkanes) is 4. The van der Waals surface area contributed by atoms with Crippen LogP contribution in [-0.2, 0) is 9.53 Å². The van der Waals surface area contributed by atoms with Crippen LogP contribution in [0.1, 0.15) is 125 Å². The third-order valence-electron chi connectivity index (χ3n) is 7.40. The largest absolute Gasteiger partial charge is 0.466 e. The van der Waals surface area contributed by atoms with E-state index in [0.717, 1.165) is 77.0 Å². The minimum absolute atomic E-state index is 0.0969. The number of hydrogen-bond donors (Lipinski definition) is 2. The maximum absolute atomic E-state index is 11.6. The van der Waals surface area contributed by atoms with Crippen molar-refractivity contribution in [1.82, 2.24) is 0 Å². The van der Waals surface area contributed by atoms with Gasteiger partial charge >= 0.3 is 5.97 Å². The van der Waals surface area contributed by atoms with Crippen LogP contribution >= 0.6 is 0 Å². The normalized spacial score (nSPS) is 22.6. The maximum Gasteiger partial charge on any atom is 0.305 e. The number of carbonyl (C=O) groups is 1. The molecule has 1 rings (SSSR count). The quantitative estimate of drug-likeness (QED) is 0.159. The highest BCUT2D eigenvalue weighted by Crippen LogP contribution is 2.43. The Morgan fingerprint density at radius 3 is 2.42 bits per heavy atom. The van der Waals surface area contributed by atoms with Crippen molar-refractivity contribution in [2.75, 3.05) is 6.61 Å². The predicted molar refractivity (Wildman–Crippen MR) is 129 cm³/mol. The van der Waals surface area contributed by atoms with Crippen molar-refractivity contribution < 1.29 is 19.7 Å². The molecule has 2 N–H and O–H groups in total. The lowest BCUT2D eigenvalue weighted by atomic mass is 9.67. The molecule has 0 saturated heterocycles. The van der Waals surface area contributed by atoms with Crippen LogP contribution in [0, 0.1) is 11.3 Å². The summed E-state index contributed by atoms with van der Waals surface area (Å²) in [5.74, 6) is 0.134. The zero-order valence-corrected chi connectivity index (χ0v) is 21.0. The fourth-order valence-electron chi connectivity index (χ4n) is 5.08. The first-order valence-electron chi connectivity index (χ1n) is 13.0. The Kier molecular flexibility index (Phi) is 13.0. The zero-order valence-electron chi connectivity index (χ0n) is 21.0. The van der Waals surface area contributed by atoms with Crippen molar-refractivity contribution in [3.8, 4) is 0 Å². The Morgan fingerprint density at radius 1 is 1.06 bits per heavy atom. The molecule has 1 saturated carbocycles. The summed E-state index contributed by atoms with van der Waals surface area (Å²) in [6.45, 7) is 11.1. The number of rotatable bonds is 16.